The van der Waals surface area contributed by atoms with E-state index >= 15 is 0 Å². The molecule has 0 bridgehead atoms. The molecule has 0 spiro atoms. The first-order valence-electron chi connectivity index (χ1n) is 13.2. The summed E-state index contributed by atoms with van der Waals surface area (Å²) >= 11 is 0. The van der Waals surface area contributed by atoms with Gasteiger partial charge in [0.05, 0.1) is 18.4 Å². The van der Waals surface area contributed by atoms with Gasteiger partial charge in [0.2, 0.25) is 5.88 Å². The molecule has 4 aromatic rings. The van der Waals surface area contributed by atoms with Gasteiger partial charge in [0, 0.05) is 69.5 Å². The lowest BCUT2D eigenvalue weighted by Crippen LogP contribution is -2.43. The molecule has 40 heavy (non-hydrogen) atoms. The SMILES string of the molecule is COCCOc1ccc2ncc(C#Cc3cncc(C(=O)Nc4ccc(CN5CCN(C)CC5)c(C)c4)c3)n2n1. The van der Waals surface area contributed by atoms with Crippen LogP contribution < -0.4 is 10.1 Å². The molecule has 0 unspecified atom stereocenters. The number of aromatic nitrogens is 4. The summed E-state index contributed by atoms with van der Waals surface area (Å²) in [5, 5.41) is 7.44. The average molecular weight is 540 g/mol. The van der Waals surface area contributed by atoms with Crippen LogP contribution in [0.25, 0.3) is 5.65 Å². The molecule has 1 saturated heterocycles. The number of hydrogen-bond acceptors (Lipinski definition) is 8. The number of hydrogen-bond donors (Lipinski definition) is 1. The number of benzene rings is 1. The number of nitrogens with zero attached hydrogens (tertiary/aromatic N) is 6. The Bertz CT molecular complexity index is 1550. The fourth-order valence-electron chi connectivity index (χ4n) is 4.42. The highest BCUT2D eigenvalue weighted by Gasteiger charge is 2.15. The van der Waals surface area contributed by atoms with Crippen LogP contribution in [0, 0.1) is 18.8 Å². The van der Waals surface area contributed by atoms with E-state index in [9.17, 15) is 4.79 Å². The molecule has 0 atom stereocenters. The number of aryl methyl sites for hydroxylation is 1. The van der Waals surface area contributed by atoms with E-state index in [4.69, 9.17) is 9.47 Å². The minimum absolute atomic E-state index is 0.239. The van der Waals surface area contributed by atoms with Gasteiger partial charge < -0.3 is 19.7 Å². The molecule has 1 aliphatic rings. The van der Waals surface area contributed by atoms with Crippen LogP contribution in [0.2, 0.25) is 0 Å². The smallest absolute Gasteiger partial charge is 0.257 e. The van der Waals surface area contributed by atoms with Crippen LogP contribution >= 0.6 is 0 Å². The number of fused-ring (bicyclic) bond motifs is 1. The number of anilines is 1. The Morgan fingerprint density at radius 3 is 2.67 bits per heavy atom. The molecule has 5 rings (SSSR count). The van der Waals surface area contributed by atoms with Crippen molar-refractivity contribution in [2.24, 2.45) is 0 Å². The summed E-state index contributed by atoms with van der Waals surface area (Å²) in [5.74, 6) is 6.35. The molecular formula is C30H33N7O3. The van der Waals surface area contributed by atoms with Crippen molar-refractivity contribution in [3.63, 3.8) is 0 Å². The maximum absolute atomic E-state index is 13.0. The topological polar surface area (TPSA) is 97.1 Å². The van der Waals surface area contributed by atoms with Crippen LogP contribution in [-0.2, 0) is 11.3 Å². The van der Waals surface area contributed by atoms with Crippen LogP contribution in [0.4, 0.5) is 5.69 Å². The van der Waals surface area contributed by atoms with Crippen molar-refractivity contribution >= 4 is 17.2 Å². The largest absolute Gasteiger partial charge is 0.474 e. The molecule has 1 fully saturated rings. The van der Waals surface area contributed by atoms with Crippen LogP contribution in [0.3, 0.4) is 0 Å². The van der Waals surface area contributed by atoms with E-state index < -0.39 is 0 Å². The van der Waals surface area contributed by atoms with Crippen molar-refractivity contribution in [1.29, 1.82) is 0 Å². The van der Waals surface area contributed by atoms with Gasteiger partial charge in [-0.2, -0.15) is 0 Å². The number of carbonyl (C=O) groups excluding carboxylic acids is 1. The van der Waals surface area contributed by atoms with Gasteiger partial charge in [0.1, 0.15) is 12.3 Å². The van der Waals surface area contributed by atoms with Crippen LogP contribution in [0.15, 0.2) is 55.0 Å². The first-order valence-corrected chi connectivity index (χ1v) is 13.2. The van der Waals surface area contributed by atoms with Crippen LogP contribution in [0.5, 0.6) is 5.88 Å². The predicted molar refractivity (Wildman–Crippen MR) is 152 cm³/mol. The summed E-state index contributed by atoms with van der Waals surface area (Å²) in [7, 11) is 3.78. The Kier molecular flexibility index (Phi) is 8.66. The number of imidazole rings is 1. The molecule has 0 aliphatic carbocycles. The number of amides is 1. The first kappa shape index (κ1) is 27.3. The monoisotopic (exact) mass is 539 g/mol. The van der Waals surface area contributed by atoms with Gasteiger partial charge in [-0.15, -0.1) is 5.10 Å². The molecule has 4 heterocycles. The standard InChI is InChI=1S/C30H33N7O3/c1-22-16-26(6-5-24(22)21-36-12-10-35(2)11-13-36)33-30(38)25-17-23(18-31-19-25)4-7-27-20-32-28-8-9-29(34-37(27)28)40-15-14-39-3/h5-6,8-9,16-20H,10-15,21H2,1-3H3,(H,33,38). The molecule has 3 aromatic heterocycles. The normalized spacial score (nSPS) is 14.1. The minimum atomic E-state index is -0.239. The van der Waals surface area contributed by atoms with Gasteiger partial charge in [-0.05, 0) is 55.3 Å². The lowest BCUT2D eigenvalue weighted by molar-refractivity contribution is 0.102. The summed E-state index contributed by atoms with van der Waals surface area (Å²) < 4.78 is 12.2. The van der Waals surface area contributed by atoms with Crippen molar-refractivity contribution in [2.45, 2.75) is 13.5 Å². The number of piperazine rings is 1. The van der Waals surface area contributed by atoms with Gasteiger partial charge in [-0.1, -0.05) is 12.0 Å². The average Bonchev–Trinajstić information content (AvgIpc) is 3.37. The zero-order valence-electron chi connectivity index (χ0n) is 23.1. The van der Waals surface area contributed by atoms with Gasteiger partial charge in [-0.25, -0.2) is 9.50 Å². The number of likely N-dealkylation sites (N-methyl/N-ethyl adjacent to an activating group) is 1. The third-order valence-electron chi connectivity index (χ3n) is 6.80. The molecule has 0 radical (unpaired) electrons. The van der Waals surface area contributed by atoms with Gasteiger partial charge in [0.15, 0.2) is 5.65 Å². The fourth-order valence-corrected chi connectivity index (χ4v) is 4.42. The van der Waals surface area contributed by atoms with Crippen LogP contribution in [-0.4, -0.2) is 88.8 Å². The van der Waals surface area contributed by atoms with Crippen molar-refractivity contribution in [2.75, 3.05) is 58.9 Å². The predicted octanol–water partition coefficient (Wildman–Crippen LogP) is 2.86. The second-order valence-corrected chi connectivity index (χ2v) is 9.81. The summed E-state index contributed by atoms with van der Waals surface area (Å²) in [6.45, 7) is 8.18. The van der Waals surface area contributed by atoms with E-state index in [1.54, 1.807) is 36.2 Å². The van der Waals surface area contributed by atoms with Crippen molar-refractivity contribution in [3.8, 4) is 17.7 Å². The highest BCUT2D eigenvalue weighted by atomic mass is 16.5. The second-order valence-electron chi connectivity index (χ2n) is 9.81. The molecule has 0 saturated carbocycles. The van der Waals surface area contributed by atoms with E-state index in [-0.39, 0.29) is 5.91 Å². The molecular weight excluding hydrogens is 506 g/mol. The Morgan fingerprint density at radius 1 is 1.02 bits per heavy atom. The molecule has 1 amide bonds. The fraction of sp³-hybridized carbons (Fsp3) is 0.333. The molecule has 10 heteroatoms. The second kappa shape index (κ2) is 12.7. The quantitative estimate of drug-likeness (QED) is 0.270. The molecule has 1 aromatic carbocycles. The van der Waals surface area contributed by atoms with Crippen molar-refractivity contribution in [1.82, 2.24) is 29.4 Å². The van der Waals surface area contributed by atoms with Gasteiger partial charge >= 0.3 is 0 Å². The minimum Gasteiger partial charge on any atom is -0.474 e. The van der Waals surface area contributed by atoms with E-state index in [1.807, 2.05) is 18.2 Å². The Balaban J connectivity index is 1.25. The molecule has 10 nitrogen and oxygen atoms in total. The lowest BCUT2D eigenvalue weighted by atomic mass is 10.1. The summed E-state index contributed by atoms with van der Waals surface area (Å²) in [5.41, 5.74) is 5.46. The lowest BCUT2D eigenvalue weighted by Gasteiger charge is -2.32. The Morgan fingerprint density at radius 2 is 1.88 bits per heavy atom. The number of pyridine rings is 1. The number of nitrogens with one attached hydrogen (secondary N) is 1. The van der Waals surface area contributed by atoms with E-state index in [0.29, 0.717) is 41.6 Å². The zero-order chi connectivity index (χ0) is 27.9. The third-order valence-corrected chi connectivity index (χ3v) is 6.80. The number of ether oxygens (including phenoxy) is 2. The maximum atomic E-state index is 13.0. The van der Waals surface area contributed by atoms with E-state index in [0.717, 1.165) is 44.0 Å². The van der Waals surface area contributed by atoms with Crippen molar-refractivity contribution in [3.05, 3.63) is 82.9 Å². The first-order chi connectivity index (χ1) is 19.5. The zero-order valence-corrected chi connectivity index (χ0v) is 23.1. The maximum Gasteiger partial charge on any atom is 0.257 e. The highest BCUT2D eigenvalue weighted by molar-refractivity contribution is 6.04. The van der Waals surface area contributed by atoms with Crippen LogP contribution in [0.1, 0.15) is 32.7 Å². The Labute approximate surface area is 233 Å². The number of rotatable bonds is 8. The Hall–Kier alpha value is -4.30. The van der Waals surface area contributed by atoms with Gasteiger partial charge in [-0.3, -0.25) is 14.7 Å². The van der Waals surface area contributed by atoms with E-state index in [2.05, 4.69) is 62.1 Å². The number of carbonyl (C=O) groups is 1. The van der Waals surface area contributed by atoms with Gasteiger partial charge in [0.25, 0.3) is 5.91 Å². The molecule has 206 valence electrons. The molecule has 1 N–H and O–H groups in total. The summed E-state index contributed by atoms with van der Waals surface area (Å²) in [6, 6.07) is 11.4. The summed E-state index contributed by atoms with van der Waals surface area (Å²) in [4.78, 5) is 26.4. The van der Waals surface area contributed by atoms with Crippen molar-refractivity contribution < 1.29 is 14.3 Å². The number of methoxy groups -OCH3 is 1. The summed E-state index contributed by atoms with van der Waals surface area (Å²) in [6.07, 6.45) is 4.81. The third kappa shape index (κ3) is 6.82. The van der Waals surface area contributed by atoms with E-state index in [1.165, 1.54) is 11.8 Å². The molecule has 1 aliphatic heterocycles. The highest BCUT2D eigenvalue weighted by Crippen LogP contribution is 2.19.